The molecule has 0 aromatic carbocycles. The number of carboxylic acid groups (broad SMARTS) is 1. The van der Waals surface area contributed by atoms with Crippen molar-refractivity contribution in [1.82, 2.24) is 15.4 Å². The number of nitrogens with zero attached hydrogens (tertiary/aromatic N) is 2. The molecule has 2 N–H and O–H groups in total. The summed E-state index contributed by atoms with van der Waals surface area (Å²) in [6, 6.07) is 0.0249. The van der Waals surface area contributed by atoms with Gasteiger partial charge in [-0.15, -0.1) is 0 Å². The highest BCUT2D eigenvalue weighted by atomic mass is 35.5. The number of hydrogen-bond donors (Lipinski definition) is 2. The molecule has 0 unspecified atom stereocenters. The Morgan fingerprint density at radius 3 is 2.91 bits per heavy atom. The second-order valence-corrected chi connectivity index (χ2v) is 5.52. The van der Waals surface area contributed by atoms with Crippen molar-refractivity contribution in [3.8, 4) is 0 Å². The summed E-state index contributed by atoms with van der Waals surface area (Å²) < 4.78 is 10.1. The van der Waals surface area contributed by atoms with E-state index in [4.69, 9.17) is 26.0 Å². The minimum absolute atomic E-state index is 0.118. The topological polar surface area (TPSA) is 122 Å². The van der Waals surface area contributed by atoms with E-state index in [0.29, 0.717) is 0 Å². The molecule has 1 saturated heterocycles. The first-order chi connectivity index (χ1) is 10.9. The molecule has 2 amide bonds. The maximum atomic E-state index is 12.1. The summed E-state index contributed by atoms with van der Waals surface area (Å²) in [5.74, 6) is -1.76. The maximum absolute atomic E-state index is 12.1. The molecule has 0 radical (unpaired) electrons. The van der Waals surface area contributed by atoms with E-state index in [1.54, 1.807) is 0 Å². The predicted molar refractivity (Wildman–Crippen MR) is 74.1 cm³/mol. The molecule has 1 aromatic rings. The molecule has 2 aliphatic heterocycles. The Morgan fingerprint density at radius 2 is 2.30 bits per heavy atom. The van der Waals surface area contributed by atoms with Crippen LogP contribution in [0.25, 0.3) is 0 Å². The van der Waals surface area contributed by atoms with Gasteiger partial charge >= 0.3 is 5.97 Å². The normalized spacial score (nSPS) is 23.0. The van der Waals surface area contributed by atoms with E-state index in [2.05, 4.69) is 10.5 Å². The van der Waals surface area contributed by atoms with E-state index in [1.165, 1.54) is 13.0 Å². The van der Waals surface area contributed by atoms with Gasteiger partial charge in [0.2, 0.25) is 5.91 Å². The van der Waals surface area contributed by atoms with Gasteiger partial charge in [-0.1, -0.05) is 16.8 Å². The average molecular weight is 342 g/mol. The lowest BCUT2D eigenvalue weighted by molar-refractivity contribution is -0.160. The van der Waals surface area contributed by atoms with E-state index < -0.39 is 29.9 Å². The zero-order valence-corrected chi connectivity index (χ0v) is 12.7. The molecule has 10 heteroatoms. The highest BCUT2D eigenvalue weighted by Gasteiger charge is 2.54. The summed E-state index contributed by atoms with van der Waals surface area (Å²) >= 11 is 5.59. The molecule has 0 spiro atoms. The molecule has 1 fully saturated rings. The monoisotopic (exact) mass is 341 g/mol. The summed E-state index contributed by atoms with van der Waals surface area (Å²) in [4.78, 5) is 36.5. The minimum atomic E-state index is -1.25. The van der Waals surface area contributed by atoms with Gasteiger partial charge in [0.25, 0.3) is 5.91 Å². The van der Waals surface area contributed by atoms with Crippen molar-refractivity contribution in [2.75, 3.05) is 6.61 Å². The first kappa shape index (κ1) is 15.3. The Hall–Kier alpha value is -2.55. The van der Waals surface area contributed by atoms with E-state index >= 15 is 0 Å². The molecule has 23 heavy (non-hydrogen) atoms. The number of rotatable bonds is 4. The smallest absolute Gasteiger partial charge is 0.356 e. The standard InChI is InChI=1S/C13H12ClN3O6/c1-5-11(13(20)21)17-7(4-22-5)10(12(17)19)15-9(18)3-6-2-8(14)16-23-6/h2,7,10H,3-4H2,1H3,(H,15,18)(H,20,21)/t7-,10+/m0/s1. The number of allylic oxidation sites excluding steroid dienone is 1. The number of aromatic nitrogens is 1. The van der Waals surface area contributed by atoms with Crippen molar-refractivity contribution in [3.63, 3.8) is 0 Å². The average Bonchev–Trinajstić information content (AvgIpc) is 2.89. The molecular formula is C13H12ClN3O6. The lowest BCUT2D eigenvalue weighted by atomic mass is 9.92. The molecule has 3 heterocycles. The Morgan fingerprint density at radius 1 is 1.57 bits per heavy atom. The Balaban J connectivity index is 1.66. The van der Waals surface area contributed by atoms with E-state index in [1.807, 2.05) is 0 Å². The number of carboxylic acids is 1. The van der Waals surface area contributed by atoms with Crippen LogP contribution in [0.1, 0.15) is 12.7 Å². The van der Waals surface area contributed by atoms with Crippen LogP contribution in [0, 0.1) is 0 Å². The van der Waals surface area contributed by atoms with Crippen LogP contribution in [0.15, 0.2) is 22.0 Å². The van der Waals surface area contributed by atoms with Crippen molar-refractivity contribution in [1.29, 1.82) is 0 Å². The fourth-order valence-corrected chi connectivity index (χ4v) is 2.76. The second kappa shape index (κ2) is 5.58. The third-order valence-electron chi connectivity index (χ3n) is 3.65. The molecule has 0 saturated carbocycles. The van der Waals surface area contributed by atoms with Gasteiger partial charge in [0.1, 0.15) is 30.2 Å². The van der Waals surface area contributed by atoms with Crippen molar-refractivity contribution in [2.45, 2.75) is 25.4 Å². The van der Waals surface area contributed by atoms with Crippen molar-refractivity contribution >= 4 is 29.4 Å². The lowest BCUT2D eigenvalue weighted by Crippen LogP contribution is -2.73. The molecule has 0 aliphatic carbocycles. The fraction of sp³-hybridized carbons (Fsp3) is 0.385. The van der Waals surface area contributed by atoms with E-state index in [-0.39, 0.29) is 35.4 Å². The first-order valence-electron chi connectivity index (χ1n) is 6.69. The summed E-state index contributed by atoms with van der Waals surface area (Å²) in [5, 5.41) is 15.3. The third kappa shape index (κ3) is 2.63. The quantitative estimate of drug-likeness (QED) is 0.734. The van der Waals surface area contributed by atoms with Crippen LogP contribution in [0.3, 0.4) is 0 Å². The third-order valence-corrected chi connectivity index (χ3v) is 3.83. The molecule has 2 atom stereocenters. The minimum Gasteiger partial charge on any atom is -0.494 e. The van der Waals surface area contributed by atoms with Gasteiger partial charge in [-0.3, -0.25) is 14.5 Å². The molecule has 122 valence electrons. The summed E-state index contributed by atoms with van der Waals surface area (Å²) in [7, 11) is 0. The number of fused-ring (bicyclic) bond motifs is 1. The van der Waals surface area contributed by atoms with Crippen LogP contribution in [0.2, 0.25) is 5.15 Å². The van der Waals surface area contributed by atoms with Gasteiger partial charge in [0, 0.05) is 6.07 Å². The van der Waals surface area contributed by atoms with E-state index in [0.717, 1.165) is 4.90 Å². The Bertz CT molecular complexity index is 727. The van der Waals surface area contributed by atoms with Gasteiger partial charge in [-0.2, -0.15) is 0 Å². The SMILES string of the molecule is CC1=C(C(=O)O)N2C(=O)[C@H](NC(=O)Cc3cc(Cl)no3)[C@@H]2CO1. The number of β-lactam (4-membered cyclic amide) rings is 1. The van der Waals surface area contributed by atoms with Gasteiger partial charge < -0.3 is 19.7 Å². The number of aliphatic carboxylic acids is 1. The summed E-state index contributed by atoms with van der Waals surface area (Å²) in [5.41, 5.74) is -0.196. The van der Waals surface area contributed by atoms with Crippen molar-refractivity contribution < 1.29 is 28.8 Å². The van der Waals surface area contributed by atoms with Gasteiger partial charge in [-0.25, -0.2) is 4.79 Å². The number of nitrogens with one attached hydrogen (secondary N) is 1. The zero-order chi connectivity index (χ0) is 16.7. The van der Waals surface area contributed by atoms with Crippen molar-refractivity contribution in [3.05, 3.63) is 28.4 Å². The highest BCUT2D eigenvalue weighted by Crippen LogP contribution is 2.32. The summed E-state index contributed by atoms with van der Waals surface area (Å²) in [6.45, 7) is 1.60. The predicted octanol–water partition coefficient (Wildman–Crippen LogP) is -0.0876. The van der Waals surface area contributed by atoms with Crippen LogP contribution in [-0.2, 0) is 25.5 Å². The molecule has 1 aromatic heterocycles. The van der Waals surface area contributed by atoms with Crippen LogP contribution in [0.4, 0.5) is 0 Å². The molecule has 9 nitrogen and oxygen atoms in total. The van der Waals surface area contributed by atoms with Crippen LogP contribution in [-0.4, -0.2) is 51.6 Å². The summed E-state index contributed by atoms with van der Waals surface area (Å²) in [6.07, 6.45) is -0.127. The zero-order valence-electron chi connectivity index (χ0n) is 11.9. The highest BCUT2D eigenvalue weighted by molar-refractivity contribution is 6.29. The molecule has 3 rings (SSSR count). The van der Waals surface area contributed by atoms with Crippen LogP contribution in [0.5, 0.6) is 0 Å². The first-order valence-corrected chi connectivity index (χ1v) is 7.06. The number of hydrogen-bond acceptors (Lipinski definition) is 6. The second-order valence-electron chi connectivity index (χ2n) is 5.13. The molecule has 2 aliphatic rings. The number of carbonyl (C=O) groups is 3. The number of ether oxygens (including phenoxy) is 1. The van der Waals surface area contributed by atoms with Crippen molar-refractivity contribution in [2.24, 2.45) is 0 Å². The van der Waals surface area contributed by atoms with Gasteiger partial charge in [0.15, 0.2) is 10.9 Å². The lowest BCUT2D eigenvalue weighted by Gasteiger charge is -2.49. The number of carbonyl (C=O) groups excluding carboxylic acids is 2. The number of halogens is 1. The van der Waals surface area contributed by atoms with Gasteiger partial charge in [-0.05, 0) is 6.92 Å². The molecule has 0 bridgehead atoms. The Kier molecular flexibility index (Phi) is 3.72. The largest absolute Gasteiger partial charge is 0.494 e. The van der Waals surface area contributed by atoms with Gasteiger partial charge in [0.05, 0.1) is 6.42 Å². The fourth-order valence-electron chi connectivity index (χ4n) is 2.61. The van der Waals surface area contributed by atoms with Crippen LogP contribution < -0.4 is 5.32 Å². The van der Waals surface area contributed by atoms with Crippen LogP contribution >= 0.6 is 11.6 Å². The molecular weight excluding hydrogens is 330 g/mol. The maximum Gasteiger partial charge on any atom is 0.356 e. The Labute approximate surface area is 134 Å². The number of amides is 2. The van der Waals surface area contributed by atoms with E-state index in [9.17, 15) is 14.4 Å².